The summed E-state index contributed by atoms with van der Waals surface area (Å²) in [5, 5.41) is 5.11. The van der Waals surface area contributed by atoms with Crippen LogP contribution < -0.4 is 5.14 Å². The Morgan fingerprint density at radius 2 is 1.95 bits per heavy atom. The SMILES string of the molecule is CCC1(C)CCN(C(=O)c2cc(S(N)(=O)=O)cn2C)CC1. The van der Waals surface area contributed by atoms with Crippen molar-refractivity contribution >= 4 is 15.9 Å². The van der Waals surface area contributed by atoms with Crippen molar-refractivity contribution in [3.63, 3.8) is 0 Å². The summed E-state index contributed by atoms with van der Waals surface area (Å²) >= 11 is 0. The molecule has 1 amide bonds. The minimum absolute atomic E-state index is 0.0243. The maximum absolute atomic E-state index is 12.5. The molecule has 0 spiro atoms. The van der Waals surface area contributed by atoms with Crippen LogP contribution in [0.25, 0.3) is 0 Å². The Morgan fingerprint density at radius 3 is 2.38 bits per heavy atom. The Morgan fingerprint density at radius 1 is 1.38 bits per heavy atom. The third-order valence-electron chi connectivity index (χ3n) is 4.64. The third kappa shape index (κ3) is 3.29. The molecule has 7 heteroatoms. The maximum atomic E-state index is 12.5. The van der Waals surface area contributed by atoms with Crippen LogP contribution in [0.15, 0.2) is 17.2 Å². The van der Waals surface area contributed by atoms with Crippen LogP contribution in [0.2, 0.25) is 0 Å². The number of nitrogens with zero attached hydrogens (tertiary/aromatic N) is 2. The molecule has 1 saturated heterocycles. The molecule has 1 aromatic heterocycles. The van der Waals surface area contributed by atoms with Gasteiger partial charge in [-0.05, 0) is 24.3 Å². The Kier molecular flexibility index (Phi) is 4.17. The summed E-state index contributed by atoms with van der Waals surface area (Å²) in [7, 11) is -2.13. The van der Waals surface area contributed by atoms with Gasteiger partial charge in [-0.1, -0.05) is 20.3 Å². The molecular weight excluding hydrogens is 290 g/mol. The molecule has 1 aliphatic rings. The molecule has 2 rings (SSSR count). The van der Waals surface area contributed by atoms with Crippen molar-refractivity contribution in [2.24, 2.45) is 17.6 Å². The molecule has 0 radical (unpaired) electrons. The standard InChI is InChI=1S/C14H23N3O3S/c1-4-14(2)5-7-17(8-6-14)13(18)12-9-11(10-16(12)3)21(15,19)20/h9-10H,4-8H2,1-3H3,(H2,15,19,20). The van der Waals surface area contributed by atoms with Gasteiger partial charge in [-0.15, -0.1) is 0 Å². The van der Waals surface area contributed by atoms with Crippen molar-refractivity contribution in [2.45, 2.75) is 38.0 Å². The van der Waals surface area contributed by atoms with Gasteiger partial charge in [0.1, 0.15) is 10.6 Å². The molecule has 1 fully saturated rings. The Balaban J connectivity index is 2.17. The van der Waals surface area contributed by atoms with E-state index in [0.29, 0.717) is 24.2 Å². The molecule has 21 heavy (non-hydrogen) atoms. The number of primary sulfonamides is 1. The summed E-state index contributed by atoms with van der Waals surface area (Å²) < 4.78 is 24.2. The first kappa shape index (κ1) is 16.0. The minimum Gasteiger partial charge on any atom is -0.345 e. The van der Waals surface area contributed by atoms with E-state index < -0.39 is 10.0 Å². The van der Waals surface area contributed by atoms with E-state index in [-0.39, 0.29) is 10.8 Å². The van der Waals surface area contributed by atoms with E-state index in [4.69, 9.17) is 5.14 Å². The van der Waals surface area contributed by atoms with Crippen LogP contribution in [0.1, 0.15) is 43.6 Å². The summed E-state index contributed by atoms with van der Waals surface area (Å²) in [6.07, 6.45) is 4.43. The first-order valence-electron chi connectivity index (χ1n) is 7.15. The predicted molar refractivity (Wildman–Crippen MR) is 80.3 cm³/mol. The van der Waals surface area contributed by atoms with Crippen molar-refractivity contribution in [3.05, 3.63) is 18.0 Å². The zero-order valence-electron chi connectivity index (χ0n) is 12.8. The van der Waals surface area contributed by atoms with Crippen LogP contribution in [0.3, 0.4) is 0 Å². The molecule has 0 aromatic carbocycles. The lowest BCUT2D eigenvalue weighted by atomic mass is 9.78. The van der Waals surface area contributed by atoms with Crippen LogP contribution in [-0.4, -0.2) is 36.9 Å². The molecule has 2 N–H and O–H groups in total. The number of sulfonamides is 1. The molecule has 118 valence electrons. The number of nitrogens with two attached hydrogens (primary N) is 1. The lowest BCUT2D eigenvalue weighted by Crippen LogP contribution is -2.42. The number of rotatable bonds is 3. The summed E-state index contributed by atoms with van der Waals surface area (Å²) in [5.41, 5.74) is 0.663. The van der Waals surface area contributed by atoms with Gasteiger partial charge in [0.05, 0.1) is 0 Å². The lowest BCUT2D eigenvalue weighted by Gasteiger charge is -2.38. The van der Waals surface area contributed by atoms with Crippen molar-refractivity contribution < 1.29 is 13.2 Å². The lowest BCUT2D eigenvalue weighted by molar-refractivity contribution is 0.0591. The molecule has 1 aliphatic heterocycles. The quantitative estimate of drug-likeness (QED) is 0.913. The number of hydrogen-bond donors (Lipinski definition) is 1. The fourth-order valence-corrected chi connectivity index (χ4v) is 3.25. The molecule has 1 aromatic rings. The minimum atomic E-state index is -3.78. The molecule has 2 heterocycles. The van der Waals surface area contributed by atoms with Crippen molar-refractivity contribution in [3.8, 4) is 0 Å². The number of hydrogen-bond acceptors (Lipinski definition) is 3. The number of carbonyl (C=O) groups is 1. The predicted octanol–water partition coefficient (Wildman–Crippen LogP) is 1.32. The van der Waals surface area contributed by atoms with Gasteiger partial charge in [0.2, 0.25) is 10.0 Å². The van der Waals surface area contributed by atoms with Gasteiger partial charge in [-0.25, -0.2) is 13.6 Å². The van der Waals surface area contributed by atoms with Crippen LogP contribution in [0, 0.1) is 5.41 Å². The van der Waals surface area contributed by atoms with Gasteiger partial charge in [0.25, 0.3) is 5.91 Å². The highest BCUT2D eigenvalue weighted by Crippen LogP contribution is 2.34. The van der Waals surface area contributed by atoms with Crippen LogP contribution >= 0.6 is 0 Å². The number of amides is 1. The average Bonchev–Trinajstić information content (AvgIpc) is 2.81. The van der Waals surface area contributed by atoms with E-state index in [1.165, 1.54) is 16.8 Å². The Labute approximate surface area is 126 Å². The van der Waals surface area contributed by atoms with E-state index in [0.717, 1.165) is 19.3 Å². The van der Waals surface area contributed by atoms with E-state index >= 15 is 0 Å². The van der Waals surface area contributed by atoms with Crippen molar-refractivity contribution in [1.29, 1.82) is 0 Å². The summed E-state index contributed by atoms with van der Waals surface area (Å²) in [6, 6.07) is 1.35. The van der Waals surface area contributed by atoms with Crippen LogP contribution in [0.5, 0.6) is 0 Å². The van der Waals surface area contributed by atoms with E-state index in [1.807, 2.05) is 0 Å². The van der Waals surface area contributed by atoms with Gasteiger partial charge < -0.3 is 9.47 Å². The first-order chi connectivity index (χ1) is 9.66. The van der Waals surface area contributed by atoms with E-state index in [2.05, 4.69) is 13.8 Å². The second-order valence-corrected chi connectivity index (χ2v) is 7.73. The summed E-state index contributed by atoms with van der Waals surface area (Å²) in [6.45, 7) is 5.83. The largest absolute Gasteiger partial charge is 0.345 e. The average molecular weight is 313 g/mol. The summed E-state index contributed by atoms with van der Waals surface area (Å²) in [4.78, 5) is 14.3. The molecule has 0 atom stereocenters. The monoisotopic (exact) mass is 313 g/mol. The number of aryl methyl sites for hydroxylation is 1. The van der Waals surface area contributed by atoms with Crippen molar-refractivity contribution in [1.82, 2.24) is 9.47 Å². The number of piperidine rings is 1. The van der Waals surface area contributed by atoms with E-state index in [9.17, 15) is 13.2 Å². The first-order valence-corrected chi connectivity index (χ1v) is 8.69. The highest BCUT2D eigenvalue weighted by Gasteiger charge is 2.31. The smallest absolute Gasteiger partial charge is 0.270 e. The molecule has 0 bridgehead atoms. The zero-order valence-corrected chi connectivity index (χ0v) is 13.6. The van der Waals surface area contributed by atoms with Crippen LogP contribution in [0.4, 0.5) is 0 Å². The van der Waals surface area contributed by atoms with Gasteiger partial charge in [-0.2, -0.15) is 0 Å². The molecule has 0 aliphatic carbocycles. The second kappa shape index (κ2) is 5.46. The molecule has 0 unspecified atom stereocenters. The fourth-order valence-electron chi connectivity index (χ4n) is 2.67. The van der Waals surface area contributed by atoms with Crippen LogP contribution in [-0.2, 0) is 17.1 Å². The Bertz CT molecular complexity index is 640. The van der Waals surface area contributed by atoms with Gasteiger partial charge >= 0.3 is 0 Å². The number of carbonyl (C=O) groups excluding carboxylic acids is 1. The van der Waals surface area contributed by atoms with Crippen molar-refractivity contribution in [2.75, 3.05) is 13.1 Å². The Hall–Kier alpha value is -1.34. The molecule has 6 nitrogen and oxygen atoms in total. The zero-order chi connectivity index (χ0) is 15.8. The normalized spacial score (nSPS) is 18.8. The third-order valence-corrected chi connectivity index (χ3v) is 5.52. The number of aromatic nitrogens is 1. The summed E-state index contributed by atoms with van der Waals surface area (Å²) in [5.74, 6) is -0.134. The number of likely N-dealkylation sites (tertiary alicyclic amines) is 1. The highest BCUT2D eigenvalue weighted by molar-refractivity contribution is 7.89. The van der Waals surface area contributed by atoms with Gasteiger partial charge in [0, 0.05) is 26.3 Å². The maximum Gasteiger partial charge on any atom is 0.270 e. The second-order valence-electron chi connectivity index (χ2n) is 6.17. The van der Waals surface area contributed by atoms with Gasteiger partial charge in [-0.3, -0.25) is 4.79 Å². The fraction of sp³-hybridized carbons (Fsp3) is 0.643. The highest BCUT2D eigenvalue weighted by atomic mass is 32.2. The van der Waals surface area contributed by atoms with Gasteiger partial charge in [0.15, 0.2) is 0 Å². The molecule has 0 saturated carbocycles. The molecular formula is C14H23N3O3S. The van der Waals surface area contributed by atoms with E-state index in [1.54, 1.807) is 11.9 Å². The topological polar surface area (TPSA) is 85.4 Å².